The molecule has 0 bridgehead atoms. The number of carbonyl (C=O) groups excluding carboxylic acids is 2. The smallest absolute Gasteiger partial charge is 0.225 e. The Morgan fingerprint density at radius 1 is 1.25 bits per heavy atom. The van der Waals surface area contributed by atoms with Crippen LogP contribution in [-0.2, 0) is 9.59 Å². The number of hydrogen-bond donors (Lipinski definition) is 2. The van der Waals surface area contributed by atoms with E-state index in [0.29, 0.717) is 30.8 Å². The summed E-state index contributed by atoms with van der Waals surface area (Å²) in [5.41, 5.74) is -0.00365. The van der Waals surface area contributed by atoms with E-state index in [4.69, 9.17) is 0 Å². The Balaban J connectivity index is 2.14. The lowest BCUT2D eigenvalue weighted by atomic mass is 9.92. The average Bonchev–Trinajstić information content (AvgIpc) is 2.62. The Hall–Kier alpha value is -1.06. The highest BCUT2D eigenvalue weighted by molar-refractivity contribution is 5.81. The third kappa shape index (κ3) is 5.93. The van der Waals surface area contributed by atoms with Gasteiger partial charge < -0.3 is 10.6 Å². The fourth-order valence-corrected chi connectivity index (χ4v) is 2.58. The van der Waals surface area contributed by atoms with Gasteiger partial charge in [-0.15, -0.1) is 0 Å². The second-order valence-corrected chi connectivity index (χ2v) is 7.78. The van der Waals surface area contributed by atoms with E-state index in [-0.39, 0.29) is 17.2 Å². The largest absolute Gasteiger partial charge is 0.356 e. The molecule has 1 atom stereocenters. The Labute approximate surface area is 123 Å². The first-order valence-corrected chi connectivity index (χ1v) is 7.68. The lowest BCUT2D eigenvalue weighted by Gasteiger charge is -2.18. The van der Waals surface area contributed by atoms with Gasteiger partial charge in [0.1, 0.15) is 0 Å². The van der Waals surface area contributed by atoms with Gasteiger partial charge in [0, 0.05) is 24.4 Å². The third-order valence-electron chi connectivity index (χ3n) is 3.88. The summed E-state index contributed by atoms with van der Waals surface area (Å²) in [6, 6.07) is 0.335. The van der Waals surface area contributed by atoms with Gasteiger partial charge in [-0.1, -0.05) is 34.6 Å². The summed E-state index contributed by atoms with van der Waals surface area (Å²) >= 11 is 0. The highest BCUT2D eigenvalue weighted by atomic mass is 16.2. The first kappa shape index (κ1) is 17.0. The molecule has 1 aliphatic rings. The van der Waals surface area contributed by atoms with Crippen LogP contribution in [0.3, 0.4) is 0 Å². The van der Waals surface area contributed by atoms with Crippen molar-refractivity contribution in [1.29, 1.82) is 0 Å². The molecule has 2 amide bonds. The second-order valence-electron chi connectivity index (χ2n) is 7.78. The monoisotopic (exact) mass is 282 g/mol. The van der Waals surface area contributed by atoms with Crippen molar-refractivity contribution >= 4 is 11.8 Å². The molecule has 0 aliphatic heterocycles. The maximum atomic E-state index is 11.8. The fourth-order valence-electron chi connectivity index (χ4n) is 2.58. The Kier molecular flexibility index (Phi) is 5.60. The molecule has 2 N–H and O–H groups in total. The zero-order valence-electron chi connectivity index (χ0n) is 13.6. The number of carbonyl (C=O) groups is 2. The quantitative estimate of drug-likeness (QED) is 0.762. The Bertz CT molecular complexity index is 356. The van der Waals surface area contributed by atoms with Crippen LogP contribution in [0.1, 0.15) is 66.7 Å². The van der Waals surface area contributed by atoms with E-state index in [0.717, 1.165) is 12.8 Å². The highest BCUT2D eigenvalue weighted by Gasteiger charge is 2.31. The standard InChI is InChI=1S/C16H30N2O2/c1-15(2,3)14(20)17-10-6-7-13(19)18-12-8-9-16(4,5)11-12/h12H,6-11H2,1-5H3,(H,17,20)(H,18,19). The molecule has 4 nitrogen and oxygen atoms in total. The van der Waals surface area contributed by atoms with E-state index in [1.807, 2.05) is 20.8 Å². The van der Waals surface area contributed by atoms with Crippen molar-refractivity contribution in [3.05, 3.63) is 0 Å². The van der Waals surface area contributed by atoms with Crippen molar-refractivity contribution in [2.75, 3.05) is 6.54 Å². The van der Waals surface area contributed by atoms with Crippen LogP contribution in [0.4, 0.5) is 0 Å². The lowest BCUT2D eigenvalue weighted by molar-refractivity contribution is -0.128. The van der Waals surface area contributed by atoms with Gasteiger partial charge in [-0.05, 0) is 31.1 Å². The van der Waals surface area contributed by atoms with Crippen molar-refractivity contribution in [2.24, 2.45) is 10.8 Å². The molecular formula is C16H30N2O2. The molecule has 1 unspecified atom stereocenters. The molecule has 4 heteroatoms. The molecule has 20 heavy (non-hydrogen) atoms. The van der Waals surface area contributed by atoms with Crippen molar-refractivity contribution in [3.8, 4) is 0 Å². The number of hydrogen-bond acceptors (Lipinski definition) is 2. The summed E-state index contributed by atoms with van der Waals surface area (Å²) in [6.45, 7) is 10.7. The van der Waals surface area contributed by atoms with E-state index in [9.17, 15) is 9.59 Å². The van der Waals surface area contributed by atoms with Gasteiger partial charge in [-0.3, -0.25) is 9.59 Å². The summed E-state index contributed by atoms with van der Waals surface area (Å²) in [5.74, 6) is 0.146. The van der Waals surface area contributed by atoms with Crippen LogP contribution >= 0.6 is 0 Å². The maximum Gasteiger partial charge on any atom is 0.225 e. The van der Waals surface area contributed by atoms with Crippen LogP contribution in [0.25, 0.3) is 0 Å². The van der Waals surface area contributed by atoms with E-state index < -0.39 is 0 Å². The minimum Gasteiger partial charge on any atom is -0.356 e. The molecule has 0 spiro atoms. The van der Waals surface area contributed by atoms with Crippen LogP contribution < -0.4 is 10.6 Å². The molecule has 0 heterocycles. The summed E-state index contributed by atoms with van der Waals surface area (Å²) in [7, 11) is 0. The van der Waals surface area contributed by atoms with Gasteiger partial charge in [0.25, 0.3) is 0 Å². The van der Waals surface area contributed by atoms with Gasteiger partial charge >= 0.3 is 0 Å². The zero-order chi connectivity index (χ0) is 15.4. The molecule has 1 saturated carbocycles. The molecule has 0 aromatic heterocycles. The van der Waals surface area contributed by atoms with Crippen molar-refractivity contribution in [3.63, 3.8) is 0 Å². The van der Waals surface area contributed by atoms with E-state index >= 15 is 0 Å². The second kappa shape index (κ2) is 6.59. The summed E-state index contributed by atoms with van der Waals surface area (Å²) < 4.78 is 0. The van der Waals surface area contributed by atoms with Gasteiger partial charge in [0.2, 0.25) is 11.8 Å². The maximum absolute atomic E-state index is 11.8. The zero-order valence-corrected chi connectivity index (χ0v) is 13.6. The molecule has 1 aliphatic carbocycles. The summed E-state index contributed by atoms with van der Waals surface area (Å²) in [5, 5.41) is 5.97. The number of rotatable bonds is 5. The normalized spacial score (nSPS) is 21.6. The van der Waals surface area contributed by atoms with Gasteiger partial charge in [-0.2, -0.15) is 0 Å². The Morgan fingerprint density at radius 3 is 2.40 bits per heavy atom. The van der Waals surface area contributed by atoms with Crippen molar-refractivity contribution in [1.82, 2.24) is 10.6 Å². The van der Waals surface area contributed by atoms with Crippen LogP contribution in [0.2, 0.25) is 0 Å². The minimum absolute atomic E-state index is 0.0375. The third-order valence-corrected chi connectivity index (χ3v) is 3.88. The lowest BCUT2D eigenvalue weighted by Crippen LogP contribution is -2.36. The molecule has 0 saturated heterocycles. The van der Waals surface area contributed by atoms with Crippen molar-refractivity contribution in [2.45, 2.75) is 72.8 Å². The number of nitrogens with one attached hydrogen (secondary N) is 2. The highest BCUT2D eigenvalue weighted by Crippen LogP contribution is 2.36. The molecular weight excluding hydrogens is 252 g/mol. The SMILES string of the molecule is CC1(C)CCC(NC(=O)CCCNC(=O)C(C)(C)C)C1. The topological polar surface area (TPSA) is 58.2 Å². The predicted octanol–water partition coefficient (Wildman–Crippen LogP) is 2.62. The molecule has 0 aromatic carbocycles. The van der Waals surface area contributed by atoms with Crippen LogP contribution in [-0.4, -0.2) is 24.4 Å². The van der Waals surface area contributed by atoms with Crippen LogP contribution in [0, 0.1) is 10.8 Å². The number of amides is 2. The molecule has 0 radical (unpaired) electrons. The van der Waals surface area contributed by atoms with Gasteiger partial charge in [0.05, 0.1) is 0 Å². The molecule has 1 rings (SSSR count). The average molecular weight is 282 g/mol. The van der Waals surface area contributed by atoms with E-state index in [2.05, 4.69) is 24.5 Å². The first-order chi connectivity index (χ1) is 9.10. The summed E-state index contributed by atoms with van der Waals surface area (Å²) in [6.07, 6.45) is 4.52. The van der Waals surface area contributed by atoms with Gasteiger partial charge in [0.15, 0.2) is 0 Å². The van der Waals surface area contributed by atoms with Crippen molar-refractivity contribution < 1.29 is 9.59 Å². The van der Waals surface area contributed by atoms with E-state index in [1.54, 1.807) is 0 Å². The Morgan fingerprint density at radius 2 is 1.90 bits per heavy atom. The van der Waals surface area contributed by atoms with E-state index in [1.165, 1.54) is 6.42 Å². The molecule has 0 aromatic rings. The molecule has 116 valence electrons. The minimum atomic E-state index is -0.363. The fraction of sp³-hybridized carbons (Fsp3) is 0.875. The van der Waals surface area contributed by atoms with Gasteiger partial charge in [-0.25, -0.2) is 0 Å². The van der Waals surface area contributed by atoms with Crippen LogP contribution in [0.15, 0.2) is 0 Å². The molecule has 1 fully saturated rings. The first-order valence-electron chi connectivity index (χ1n) is 7.68. The van der Waals surface area contributed by atoms with Crippen LogP contribution in [0.5, 0.6) is 0 Å². The summed E-state index contributed by atoms with van der Waals surface area (Å²) in [4.78, 5) is 23.5. The predicted molar refractivity (Wildman–Crippen MR) is 81.3 cm³/mol.